The Morgan fingerprint density at radius 1 is 0.900 bits per heavy atom. The van der Waals surface area contributed by atoms with Gasteiger partial charge in [-0.15, -0.1) is 0 Å². The average Bonchev–Trinajstić information content (AvgIpc) is 2.75. The van der Waals surface area contributed by atoms with Gasteiger partial charge in [0, 0.05) is 12.0 Å². The Hall–Kier alpha value is -2.49. The molecule has 0 amide bonds. The van der Waals surface area contributed by atoms with Gasteiger partial charge < -0.3 is 14.6 Å². The van der Waals surface area contributed by atoms with Crippen LogP contribution in [0.3, 0.4) is 0 Å². The van der Waals surface area contributed by atoms with E-state index in [0.717, 1.165) is 24.2 Å². The molecule has 4 heteroatoms. The standard InChI is InChI=1S/C26H34O4/c1-2-3-4-5-6-7-8-9-10-13-18-29-24-17-16-23-21(25(24)26(27)28)19-20-14-11-12-15-22(20)30-23/h11-12,14-17H,2-10,13,18-19H2,1H3,(H,27,28). The van der Waals surface area contributed by atoms with Crippen molar-refractivity contribution in [2.75, 3.05) is 6.61 Å². The summed E-state index contributed by atoms with van der Waals surface area (Å²) in [5, 5.41) is 9.81. The van der Waals surface area contributed by atoms with Gasteiger partial charge in [-0.05, 0) is 30.2 Å². The minimum Gasteiger partial charge on any atom is -0.493 e. The second kappa shape index (κ2) is 11.6. The molecule has 0 bridgehead atoms. The lowest BCUT2D eigenvalue weighted by molar-refractivity contribution is 0.0690. The third-order valence-corrected chi connectivity index (χ3v) is 5.76. The summed E-state index contributed by atoms with van der Waals surface area (Å²) in [7, 11) is 0. The first-order valence-electron chi connectivity index (χ1n) is 11.5. The number of benzene rings is 2. The lowest BCUT2D eigenvalue weighted by Crippen LogP contribution is -2.12. The van der Waals surface area contributed by atoms with Crippen molar-refractivity contribution in [3.05, 3.63) is 53.1 Å². The van der Waals surface area contributed by atoms with Crippen LogP contribution >= 0.6 is 0 Å². The van der Waals surface area contributed by atoms with E-state index in [2.05, 4.69) is 6.92 Å². The SMILES string of the molecule is CCCCCCCCCCCCOc1ccc2c(c1C(=O)O)Cc1ccccc1O2. The maximum atomic E-state index is 12.0. The van der Waals surface area contributed by atoms with E-state index in [1.165, 1.54) is 51.4 Å². The molecule has 1 aliphatic rings. The number of rotatable bonds is 13. The molecule has 2 aromatic carbocycles. The molecule has 3 rings (SSSR count). The molecule has 30 heavy (non-hydrogen) atoms. The highest BCUT2D eigenvalue weighted by molar-refractivity contribution is 5.94. The number of hydrogen-bond acceptors (Lipinski definition) is 3. The number of ether oxygens (including phenoxy) is 2. The number of unbranched alkanes of at least 4 members (excludes halogenated alkanes) is 9. The smallest absolute Gasteiger partial charge is 0.339 e. The summed E-state index contributed by atoms with van der Waals surface area (Å²) >= 11 is 0. The third kappa shape index (κ3) is 6.01. The molecule has 0 saturated heterocycles. The minimum absolute atomic E-state index is 0.231. The normalized spacial score (nSPS) is 12.0. The van der Waals surface area contributed by atoms with Crippen LogP contribution in [0.1, 0.15) is 92.6 Å². The van der Waals surface area contributed by atoms with Gasteiger partial charge >= 0.3 is 5.97 Å². The van der Waals surface area contributed by atoms with E-state index in [9.17, 15) is 9.90 Å². The van der Waals surface area contributed by atoms with Gasteiger partial charge in [-0.25, -0.2) is 4.79 Å². The molecule has 162 valence electrons. The van der Waals surface area contributed by atoms with Gasteiger partial charge in [-0.3, -0.25) is 0 Å². The van der Waals surface area contributed by atoms with Crippen molar-refractivity contribution < 1.29 is 19.4 Å². The summed E-state index contributed by atoms with van der Waals surface area (Å²) in [5.41, 5.74) is 1.93. The van der Waals surface area contributed by atoms with Gasteiger partial charge in [-0.2, -0.15) is 0 Å². The Morgan fingerprint density at radius 2 is 1.57 bits per heavy atom. The highest BCUT2D eigenvalue weighted by atomic mass is 16.5. The zero-order chi connectivity index (χ0) is 21.2. The Morgan fingerprint density at radius 3 is 2.27 bits per heavy atom. The molecule has 1 N–H and O–H groups in total. The number of carboxylic acid groups (broad SMARTS) is 1. The molecule has 0 atom stereocenters. The highest BCUT2D eigenvalue weighted by Gasteiger charge is 2.26. The maximum absolute atomic E-state index is 12.0. The van der Waals surface area contributed by atoms with Gasteiger partial charge in [0.15, 0.2) is 0 Å². The van der Waals surface area contributed by atoms with Crippen LogP contribution in [0, 0.1) is 0 Å². The molecule has 0 unspecified atom stereocenters. The largest absolute Gasteiger partial charge is 0.493 e. The van der Waals surface area contributed by atoms with Crippen molar-refractivity contribution in [3.63, 3.8) is 0 Å². The van der Waals surface area contributed by atoms with Gasteiger partial charge in [0.1, 0.15) is 22.8 Å². The number of carbonyl (C=O) groups is 1. The second-order valence-electron chi connectivity index (χ2n) is 8.14. The van der Waals surface area contributed by atoms with E-state index in [4.69, 9.17) is 9.47 Å². The molecular weight excluding hydrogens is 376 g/mol. The summed E-state index contributed by atoms with van der Waals surface area (Å²) in [4.78, 5) is 12.0. The first kappa shape index (κ1) is 22.2. The van der Waals surface area contributed by atoms with Crippen LogP contribution in [0.2, 0.25) is 0 Å². The van der Waals surface area contributed by atoms with Crippen LogP contribution in [0.15, 0.2) is 36.4 Å². The third-order valence-electron chi connectivity index (χ3n) is 5.76. The summed E-state index contributed by atoms with van der Waals surface area (Å²) in [6.07, 6.45) is 13.2. The van der Waals surface area contributed by atoms with E-state index in [-0.39, 0.29) is 5.56 Å². The van der Waals surface area contributed by atoms with Crippen molar-refractivity contribution >= 4 is 5.97 Å². The van der Waals surface area contributed by atoms with Crippen molar-refractivity contribution in [1.82, 2.24) is 0 Å². The first-order chi connectivity index (χ1) is 14.7. The van der Waals surface area contributed by atoms with Crippen LogP contribution in [-0.4, -0.2) is 17.7 Å². The molecule has 0 radical (unpaired) electrons. The van der Waals surface area contributed by atoms with E-state index >= 15 is 0 Å². The van der Waals surface area contributed by atoms with Gasteiger partial charge in [0.05, 0.1) is 6.61 Å². The number of para-hydroxylation sites is 1. The molecule has 0 aliphatic carbocycles. The Balaban J connectivity index is 1.46. The average molecular weight is 411 g/mol. The number of aromatic carboxylic acids is 1. The van der Waals surface area contributed by atoms with Crippen LogP contribution in [0.4, 0.5) is 0 Å². The number of carboxylic acids is 1. The maximum Gasteiger partial charge on any atom is 0.339 e. The van der Waals surface area contributed by atoms with Crippen molar-refractivity contribution in [1.29, 1.82) is 0 Å². The van der Waals surface area contributed by atoms with E-state index < -0.39 is 5.97 Å². The molecular formula is C26H34O4. The topological polar surface area (TPSA) is 55.8 Å². The van der Waals surface area contributed by atoms with Crippen LogP contribution in [-0.2, 0) is 6.42 Å². The summed E-state index contributed by atoms with van der Waals surface area (Å²) < 4.78 is 11.8. The predicted octanol–water partition coefficient (Wildman–Crippen LogP) is 7.38. The zero-order valence-electron chi connectivity index (χ0n) is 18.1. The monoisotopic (exact) mass is 410 g/mol. The fraction of sp³-hybridized carbons (Fsp3) is 0.500. The van der Waals surface area contributed by atoms with Crippen LogP contribution in [0.5, 0.6) is 17.2 Å². The fourth-order valence-corrected chi connectivity index (χ4v) is 4.06. The summed E-state index contributed by atoms with van der Waals surface area (Å²) in [5.74, 6) is 0.880. The summed E-state index contributed by atoms with van der Waals surface area (Å²) in [6.45, 7) is 2.80. The van der Waals surface area contributed by atoms with Crippen molar-refractivity contribution in [3.8, 4) is 17.2 Å². The molecule has 4 nitrogen and oxygen atoms in total. The van der Waals surface area contributed by atoms with Gasteiger partial charge in [0.2, 0.25) is 0 Å². The number of fused-ring (bicyclic) bond motifs is 2. The summed E-state index contributed by atoms with van der Waals surface area (Å²) in [6, 6.07) is 11.3. The fourth-order valence-electron chi connectivity index (χ4n) is 4.06. The number of hydrogen-bond donors (Lipinski definition) is 1. The quantitative estimate of drug-likeness (QED) is 0.299. The lowest BCUT2D eigenvalue weighted by Gasteiger charge is -2.23. The predicted molar refractivity (Wildman–Crippen MR) is 120 cm³/mol. The zero-order valence-corrected chi connectivity index (χ0v) is 18.1. The van der Waals surface area contributed by atoms with E-state index in [1.54, 1.807) is 6.07 Å². The van der Waals surface area contributed by atoms with Crippen molar-refractivity contribution in [2.24, 2.45) is 0 Å². The van der Waals surface area contributed by atoms with Crippen LogP contribution in [0.25, 0.3) is 0 Å². The Bertz CT molecular complexity index is 828. The Kier molecular flexibility index (Phi) is 8.61. The van der Waals surface area contributed by atoms with Gasteiger partial charge in [-0.1, -0.05) is 82.9 Å². The molecule has 0 aromatic heterocycles. The lowest BCUT2D eigenvalue weighted by atomic mass is 9.95. The first-order valence-corrected chi connectivity index (χ1v) is 11.5. The molecule has 0 spiro atoms. The minimum atomic E-state index is -0.965. The van der Waals surface area contributed by atoms with Crippen molar-refractivity contribution in [2.45, 2.75) is 77.6 Å². The van der Waals surface area contributed by atoms with Gasteiger partial charge in [0.25, 0.3) is 0 Å². The van der Waals surface area contributed by atoms with E-state index in [0.29, 0.717) is 30.1 Å². The molecule has 0 fully saturated rings. The molecule has 1 aliphatic heterocycles. The Labute approximate surface area is 180 Å². The molecule has 1 heterocycles. The van der Waals surface area contributed by atoms with Crippen LogP contribution < -0.4 is 9.47 Å². The molecule has 2 aromatic rings. The van der Waals surface area contributed by atoms with E-state index in [1.807, 2.05) is 30.3 Å². The second-order valence-corrected chi connectivity index (χ2v) is 8.14. The molecule has 0 saturated carbocycles. The highest BCUT2D eigenvalue weighted by Crippen LogP contribution is 2.41.